The van der Waals surface area contributed by atoms with E-state index < -0.39 is 10.0 Å². The number of nitrogens with zero attached hydrogens (tertiary/aromatic N) is 2. The van der Waals surface area contributed by atoms with Gasteiger partial charge in [-0.15, -0.1) is 0 Å². The number of hydrogen-bond donors (Lipinski definition) is 2. The number of aliphatic imine (C=N–C) groups is 1. The molecule has 2 aromatic carbocycles. The first-order valence-electron chi connectivity index (χ1n) is 11.8. The Hall–Kier alpha value is -2.22. The quantitative estimate of drug-likeness (QED) is 0.707. The number of fused-ring (bicyclic) bond motifs is 3. The molecule has 32 heavy (non-hydrogen) atoms. The van der Waals surface area contributed by atoms with E-state index in [1.165, 1.54) is 17.5 Å². The molecule has 2 atom stereocenters. The monoisotopic (exact) mass is 452 g/mol. The van der Waals surface area contributed by atoms with E-state index in [-0.39, 0.29) is 6.04 Å². The molecule has 6 nitrogen and oxygen atoms in total. The zero-order chi connectivity index (χ0) is 22.0. The van der Waals surface area contributed by atoms with E-state index in [2.05, 4.69) is 39.2 Å². The van der Waals surface area contributed by atoms with Gasteiger partial charge in [0.15, 0.2) is 0 Å². The molecule has 2 aliphatic heterocycles. The Morgan fingerprint density at radius 3 is 2.56 bits per heavy atom. The van der Waals surface area contributed by atoms with Gasteiger partial charge in [-0.3, -0.25) is 4.99 Å². The van der Waals surface area contributed by atoms with Gasteiger partial charge >= 0.3 is 0 Å². The van der Waals surface area contributed by atoms with Crippen LogP contribution in [-0.4, -0.2) is 57.4 Å². The maximum Gasteiger partial charge on any atom is 0.240 e. The van der Waals surface area contributed by atoms with Gasteiger partial charge in [-0.1, -0.05) is 42.5 Å². The molecule has 0 unspecified atom stereocenters. The second-order valence-electron chi connectivity index (χ2n) is 9.18. The number of benzene rings is 2. The fraction of sp³-hybridized carbons (Fsp3) is 0.480. The molecule has 2 heterocycles. The van der Waals surface area contributed by atoms with Crippen molar-refractivity contribution in [2.45, 2.75) is 55.0 Å². The Kier molecular flexibility index (Phi) is 6.31. The van der Waals surface area contributed by atoms with Gasteiger partial charge in [0, 0.05) is 31.0 Å². The van der Waals surface area contributed by atoms with Crippen LogP contribution in [0.15, 0.2) is 64.5 Å². The number of rotatable bonds is 6. The lowest BCUT2D eigenvalue weighted by Gasteiger charge is -2.31. The number of hydrogen-bond acceptors (Lipinski definition) is 4. The molecule has 0 bridgehead atoms. The predicted molar refractivity (Wildman–Crippen MR) is 128 cm³/mol. The highest BCUT2D eigenvalue weighted by molar-refractivity contribution is 7.89. The lowest BCUT2D eigenvalue weighted by Crippen LogP contribution is -2.45. The average Bonchev–Trinajstić information content (AvgIpc) is 3.24. The minimum Gasteiger partial charge on any atom is -0.370 e. The molecular weight excluding hydrogens is 420 g/mol. The molecule has 0 aromatic heterocycles. The Morgan fingerprint density at radius 1 is 1.00 bits per heavy atom. The molecule has 3 aliphatic rings. The van der Waals surface area contributed by atoms with Crippen molar-refractivity contribution in [2.24, 2.45) is 4.99 Å². The van der Waals surface area contributed by atoms with E-state index in [1.807, 2.05) is 6.07 Å². The summed E-state index contributed by atoms with van der Waals surface area (Å²) in [5, 5.41) is 3.67. The first-order valence-corrected chi connectivity index (χ1v) is 13.2. The van der Waals surface area contributed by atoms with Crippen LogP contribution >= 0.6 is 0 Å². The molecule has 0 amide bonds. The minimum atomic E-state index is -3.44. The third-order valence-corrected chi connectivity index (χ3v) is 8.65. The maximum absolute atomic E-state index is 12.5. The van der Waals surface area contributed by atoms with Gasteiger partial charge in [0.05, 0.1) is 17.3 Å². The molecule has 1 aliphatic carbocycles. The molecule has 2 N–H and O–H groups in total. The lowest BCUT2D eigenvalue weighted by molar-refractivity contribution is 0.212. The van der Waals surface area contributed by atoms with Crippen molar-refractivity contribution in [1.29, 1.82) is 0 Å². The van der Waals surface area contributed by atoms with Crippen molar-refractivity contribution in [3.05, 3.63) is 65.7 Å². The number of nitrogens with one attached hydrogen (secondary N) is 2. The summed E-state index contributed by atoms with van der Waals surface area (Å²) in [5.41, 5.74) is 3.00. The Balaban J connectivity index is 1.08. The molecule has 0 spiro atoms. The summed E-state index contributed by atoms with van der Waals surface area (Å²) in [6.07, 6.45) is 5.03. The van der Waals surface area contributed by atoms with E-state index in [9.17, 15) is 8.42 Å². The van der Waals surface area contributed by atoms with Crippen LogP contribution in [-0.2, 0) is 16.4 Å². The molecular formula is C25H32N4O2S. The highest BCUT2D eigenvalue weighted by Gasteiger charge is 2.36. The smallest absolute Gasteiger partial charge is 0.240 e. The second kappa shape index (κ2) is 9.33. The summed E-state index contributed by atoms with van der Waals surface area (Å²) in [7, 11) is -3.44. The van der Waals surface area contributed by atoms with Crippen LogP contribution in [0.1, 0.15) is 42.7 Å². The Bertz CT molecular complexity index is 1060. The highest BCUT2D eigenvalue weighted by atomic mass is 32.2. The zero-order valence-electron chi connectivity index (χ0n) is 18.4. The summed E-state index contributed by atoms with van der Waals surface area (Å²) in [5.74, 6) is 1.72. The van der Waals surface area contributed by atoms with E-state index in [0.29, 0.717) is 16.9 Å². The number of amidine groups is 1. The largest absolute Gasteiger partial charge is 0.370 e. The van der Waals surface area contributed by atoms with Crippen molar-refractivity contribution < 1.29 is 8.42 Å². The van der Waals surface area contributed by atoms with Crippen LogP contribution in [0.2, 0.25) is 0 Å². The normalized spacial score (nSPS) is 25.3. The Morgan fingerprint density at radius 2 is 1.75 bits per heavy atom. The fourth-order valence-electron chi connectivity index (χ4n) is 5.36. The third kappa shape index (κ3) is 4.75. The average molecular weight is 453 g/mol. The van der Waals surface area contributed by atoms with Crippen LogP contribution in [0.4, 0.5) is 0 Å². The molecule has 5 rings (SSSR count). The standard InChI is InChI=1S/C25H32N4O2S/c30-32(31,21-7-2-1-3-8-21)28-20-12-15-29(16-13-20)17-14-26-25-18-23-22-9-5-4-6-19(22)10-11-24(23)27-25/h1-9,20,23-24,28H,10-18H2,(H,26,27)/t23-,24+/m0/s1. The van der Waals surface area contributed by atoms with Crippen molar-refractivity contribution in [3.8, 4) is 0 Å². The Labute approximate surface area is 191 Å². The second-order valence-corrected chi connectivity index (χ2v) is 10.9. The van der Waals surface area contributed by atoms with Crippen LogP contribution in [0.5, 0.6) is 0 Å². The molecule has 0 saturated carbocycles. The number of likely N-dealkylation sites (tertiary alicyclic amines) is 1. The van der Waals surface area contributed by atoms with Crippen LogP contribution in [0.3, 0.4) is 0 Å². The van der Waals surface area contributed by atoms with Gasteiger partial charge in [-0.05, 0) is 62.0 Å². The van der Waals surface area contributed by atoms with Gasteiger partial charge in [0.1, 0.15) is 0 Å². The molecule has 0 radical (unpaired) electrons. The lowest BCUT2D eigenvalue weighted by atomic mass is 9.80. The number of piperidine rings is 1. The number of aryl methyl sites for hydroxylation is 1. The summed E-state index contributed by atoms with van der Waals surface area (Å²) < 4.78 is 27.9. The summed E-state index contributed by atoms with van der Waals surface area (Å²) >= 11 is 0. The van der Waals surface area contributed by atoms with Gasteiger partial charge in [0.25, 0.3) is 0 Å². The van der Waals surface area contributed by atoms with E-state index in [1.54, 1.807) is 24.3 Å². The van der Waals surface area contributed by atoms with Crippen molar-refractivity contribution in [3.63, 3.8) is 0 Å². The minimum absolute atomic E-state index is 0.00228. The first kappa shape index (κ1) is 21.6. The molecule has 2 aromatic rings. The SMILES string of the molecule is O=S(=O)(NC1CCN(CCN=C2C[C@H]3c4ccccc4CC[C@H]3N2)CC1)c1ccccc1. The van der Waals surface area contributed by atoms with Gasteiger partial charge < -0.3 is 10.2 Å². The summed E-state index contributed by atoms with van der Waals surface area (Å²) in [4.78, 5) is 7.62. The molecule has 2 fully saturated rings. The van der Waals surface area contributed by atoms with E-state index in [0.717, 1.165) is 57.7 Å². The third-order valence-electron chi connectivity index (χ3n) is 7.11. The van der Waals surface area contributed by atoms with Crippen molar-refractivity contribution in [1.82, 2.24) is 14.9 Å². The van der Waals surface area contributed by atoms with E-state index in [4.69, 9.17) is 4.99 Å². The molecule has 2 saturated heterocycles. The van der Waals surface area contributed by atoms with Crippen LogP contribution in [0, 0.1) is 0 Å². The summed E-state index contributed by atoms with van der Waals surface area (Å²) in [6.45, 7) is 3.52. The highest BCUT2D eigenvalue weighted by Crippen LogP contribution is 2.37. The van der Waals surface area contributed by atoms with Crippen molar-refractivity contribution >= 4 is 15.9 Å². The summed E-state index contributed by atoms with van der Waals surface area (Å²) in [6, 6.07) is 18.0. The topological polar surface area (TPSA) is 73.8 Å². The van der Waals surface area contributed by atoms with Gasteiger partial charge in [-0.25, -0.2) is 13.1 Å². The van der Waals surface area contributed by atoms with Crippen molar-refractivity contribution in [2.75, 3.05) is 26.2 Å². The van der Waals surface area contributed by atoms with Crippen LogP contribution in [0.25, 0.3) is 0 Å². The van der Waals surface area contributed by atoms with Gasteiger partial charge in [0.2, 0.25) is 10.0 Å². The van der Waals surface area contributed by atoms with Crippen LogP contribution < -0.4 is 10.0 Å². The molecule has 170 valence electrons. The fourth-order valence-corrected chi connectivity index (χ4v) is 6.68. The zero-order valence-corrected chi connectivity index (χ0v) is 19.2. The molecule has 7 heteroatoms. The maximum atomic E-state index is 12.5. The van der Waals surface area contributed by atoms with E-state index >= 15 is 0 Å². The first-order chi connectivity index (χ1) is 15.6. The number of sulfonamides is 1. The predicted octanol–water partition coefficient (Wildman–Crippen LogP) is 2.92. The van der Waals surface area contributed by atoms with Gasteiger partial charge in [-0.2, -0.15) is 0 Å².